The minimum absolute atomic E-state index is 0.0501. The summed E-state index contributed by atoms with van der Waals surface area (Å²) < 4.78 is 2.02. The highest BCUT2D eigenvalue weighted by atomic mass is 16.4. The van der Waals surface area contributed by atoms with E-state index in [1.165, 1.54) is 23.4 Å². The van der Waals surface area contributed by atoms with E-state index in [2.05, 4.69) is 60.5 Å². The number of nitrogens with zero attached hydrogens (tertiary/aromatic N) is 4. The fourth-order valence-corrected chi connectivity index (χ4v) is 6.02. The Labute approximate surface area is 226 Å². The first kappa shape index (κ1) is 26.4. The normalized spacial score (nSPS) is 18.2. The van der Waals surface area contributed by atoms with Crippen molar-refractivity contribution in [2.75, 3.05) is 31.5 Å². The maximum Gasteiger partial charge on any atom is 0.304 e. The molecule has 38 heavy (non-hydrogen) atoms. The van der Waals surface area contributed by atoms with Crippen LogP contribution in [0.4, 0.5) is 5.82 Å². The first-order valence-electron chi connectivity index (χ1n) is 14.4. The maximum absolute atomic E-state index is 11.8. The van der Waals surface area contributed by atoms with E-state index in [-0.39, 0.29) is 12.3 Å². The number of aliphatic carboxylic acids is 1. The highest BCUT2D eigenvalue weighted by Gasteiger charge is 2.27. The Morgan fingerprint density at radius 3 is 2.87 bits per heavy atom. The summed E-state index contributed by atoms with van der Waals surface area (Å²) in [7, 11) is 0. The number of hydrogen-bond donors (Lipinski definition) is 2. The molecule has 0 spiro atoms. The van der Waals surface area contributed by atoms with E-state index in [9.17, 15) is 9.90 Å². The molecule has 0 bridgehead atoms. The molecule has 0 radical (unpaired) electrons. The number of benzene rings is 1. The van der Waals surface area contributed by atoms with Gasteiger partial charge < -0.3 is 15.3 Å². The van der Waals surface area contributed by atoms with Gasteiger partial charge in [-0.3, -0.25) is 4.79 Å². The second kappa shape index (κ2) is 12.1. The van der Waals surface area contributed by atoms with Crippen LogP contribution in [0.25, 0.3) is 5.69 Å². The Kier molecular flexibility index (Phi) is 8.42. The first-order chi connectivity index (χ1) is 18.5. The van der Waals surface area contributed by atoms with Crippen molar-refractivity contribution in [2.45, 2.75) is 71.1 Å². The fourth-order valence-electron chi connectivity index (χ4n) is 6.02. The molecular formula is C31H41N5O2. The molecule has 5 rings (SSSR count). The van der Waals surface area contributed by atoms with Gasteiger partial charge in [-0.05, 0) is 92.8 Å². The number of carbonyl (C=O) groups is 1. The molecule has 1 saturated heterocycles. The van der Waals surface area contributed by atoms with E-state index in [0.717, 1.165) is 87.5 Å². The van der Waals surface area contributed by atoms with Gasteiger partial charge in [-0.1, -0.05) is 32.0 Å². The highest BCUT2D eigenvalue weighted by molar-refractivity contribution is 5.68. The second-order valence-electron chi connectivity index (χ2n) is 10.9. The molecule has 0 amide bonds. The summed E-state index contributed by atoms with van der Waals surface area (Å²) in [6.07, 6.45) is 7.53. The lowest BCUT2D eigenvalue weighted by molar-refractivity contribution is -0.137. The van der Waals surface area contributed by atoms with Gasteiger partial charge in [0.2, 0.25) is 0 Å². The lowest BCUT2D eigenvalue weighted by atomic mass is 9.94. The largest absolute Gasteiger partial charge is 0.481 e. The Balaban J connectivity index is 1.23. The van der Waals surface area contributed by atoms with E-state index in [4.69, 9.17) is 10.1 Å². The Morgan fingerprint density at radius 1 is 1.16 bits per heavy atom. The van der Waals surface area contributed by atoms with Crippen molar-refractivity contribution in [2.24, 2.45) is 5.92 Å². The maximum atomic E-state index is 11.8. The van der Waals surface area contributed by atoms with Crippen molar-refractivity contribution in [1.29, 1.82) is 0 Å². The molecule has 0 saturated carbocycles. The molecule has 2 N–H and O–H groups in total. The molecule has 2 aromatic heterocycles. The van der Waals surface area contributed by atoms with E-state index < -0.39 is 5.97 Å². The van der Waals surface area contributed by atoms with Crippen LogP contribution in [0.5, 0.6) is 0 Å². The van der Waals surface area contributed by atoms with Gasteiger partial charge in [0.05, 0.1) is 17.8 Å². The minimum Gasteiger partial charge on any atom is -0.481 e. The average Bonchev–Trinajstić information content (AvgIpc) is 3.58. The fraction of sp³-hybridized carbons (Fsp3) is 0.516. The van der Waals surface area contributed by atoms with Gasteiger partial charge in [-0.25, -0.2) is 9.67 Å². The summed E-state index contributed by atoms with van der Waals surface area (Å²) in [5.74, 6) is 0.907. The molecule has 1 aromatic carbocycles. The Hall–Kier alpha value is -3.19. The van der Waals surface area contributed by atoms with E-state index >= 15 is 0 Å². The van der Waals surface area contributed by atoms with Crippen molar-refractivity contribution in [3.63, 3.8) is 0 Å². The third kappa shape index (κ3) is 6.26. The quantitative estimate of drug-likeness (QED) is 0.362. The van der Waals surface area contributed by atoms with E-state index in [0.29, 0.717) is 5.92 Å². The number of aromatic nitrogens is 3. The number of aryl methyl sites for hydroxylation is 4. The van der Waals surface area contributed by atoms with Crippen LogP contribution in [0.15, 0.2) is 42.5 Å². The minimum atomic E-state index is -0.746. The molecule has 4 heterocycles. The van der Waals surface area contributed by atoms with Crippen LogP contribution in [0.2, 0.25) is 0 Å². The SMILES string of the molecule is CCc1cc(CC)n(-c2cccc(C(CC(=O)O)CN3CC[C@@H](CCc4ccc5c(n4)NCCC5)C3)c2)n1. The summed E-state index contributed by atoms with van der Waals surface area (Å²) in [4.78, 5) is 19.2. The number of pyridine rings is 1. The van der Waals surface area contributed by atoms with Gasteiger partial charge >= 0.3 is 5.97 Å². The molecule has 2 atom stereocenters. The third-order valence-electron chi connectivity index (χ3n) is 8.17. The zero-order valence-electron chi connectivity index (χ0n) is 22.8. The van der Waals surface area contributed by atoms with Gasteiger partial charge in [0, 0.05) is 36.9 Å². The predicted molar refractivity (Wildman–Crippen MR) is 151 cm³/mol. The van der Waals surface area contributed by atoms with E-state index in [1.54, 1.807) is 0 Å². The topological polar surface area (TPSA) is 83.3 Å². The molecule has 3 aromatic rings. The zero-order valence-corrected chi connectivity index (χ0v) is 22.8. The molecule has 202 valence electrons. The van der Waals surface area contributed by atoms with Crippen LogP contribution in [0.1, 0.15) is 73.7 Å². The number of carboxylic acid groups (broad SMARTS) is 1. The zero-order chi connectivity index (χ0) is 26.5. The van der Waals surface area contributed by atoms with Gasteiger partial charge in [0.15, 0.2) is 0 Å². The van der Waals surface area contributed by atoms with Crippen molar-refractivity contribution in [3.8, 4) is 5.69 Å². The van der Waals surface area contributed by atoms with Crippen LogP contribution >= 0.6 is 0 Å². The molecule has 0 aliphatic carbocycles. The van der Waals surface area contributed by atoms with Gasteiger partial charge in [0.25, 0.3) is 0 Å². The number of carboxylic acids is 1. The number of likely N-dealkylation sites (tertiary alicyclic amines) is 1. The smallest absolute Gasteiger partial charge is 0.304 e. The van der Waals surface area contributed by atoms with Crippen molar-refractivity contribution < 1.29 is 9.90 Å². The lowest BCUT2D eigenvalue weighted by Crippen LogP contribution is -2.28. The average molecular weight is 516 g/mol. The number of anilines is 1. The molecule has 1 unspecified atom stereocenters. The van der Waals surface area contributed by atoms with Crippen LogP contribution < -0.4 is 5.32 Å². The number of hydrogen-bond acceptors (Lipinski definition) is 5. The lowest BCUT2D eigenvalue weighted by Gasteiger charge is -2.24. The standard InChI is InChI=1S/C31H41N5O2/c1-3-26-19-28(4-2)36(34-26)29-9-5-7-24(17-29)25(18-30(37)38)21-35-16-14-22(20-35)10-12-27-13-11-23-8-6-15-32-31(23)33-27/h5,7,9,11,13,17,19,22,25H,3-4,6,8,10,12,14-16,18,20-21H2,1-2H3,(H,32,33)(H,37,38)/t22-,25?/m1/s1. The van der Waals surface area contributed by atoms with Gasteiger partial charge in [-0.15, -0.1) is 0 Å². The Morgan fingerprint density at radius 2 is 2.05 bits per heavy atom. The third-order valence-corrected chi connectivity index (χ3v) is 8.17. The summed E-state index contributed by atoms with van der Waals surface area (Å²) in [5.41, 5.74) is 6.87. The van der Waals surface area contributed by atoms with Crippen LogP contribution in [0.3, 0.4) is 0 Å². The van der Waals surface area contributed by atoms with Crippen LogP contribution in [-0.4, -0.2) is 56.9 Å². The molecule has 2 aliphatic heterocycles. The van der Waals surface area contributed by atoms with Gasteiger partial charge in [-0.2, -0.15) is 5.10 Å². The van der Waals surface area contributed by atoms with Crippen LogP contribution in [0, 0.1) is 5.92 Å². The van der Waals surface area contributed by atoms with Crippen molar-refractivity contribution >= 4 is 11.8 Å². The van der Waals surface area contributed by atoms with Crippen LogP contribution in [-0.2, 0) is 30.5 Å². The molecule has 2 aliphatic rings. The molecule has 7 heteroatoms. The second-order valence-corrected chi connectivity index (χ2v) is 10.9. The highest BCUT2D eigenvalue weighted by Crippen LogP contribution is 2.29. The number of nitrogens with one attached hydrogen (secondary N) is 1. The van der Waals surface area contributed by atoms with Gasteiger partial charge in [0.1, 0.15) is 5.82 Å². The summed E-state index contributed by atoms with van der Waals surface area (Å²) in [6, 6.07) is 14.9. The first-order valence-corrected chi connectivity index (χ1v) is 14.4. The van der Waals surface area contributed by atoms with Crippen molar-refractivity contribution in [3.05, 3.63) is 70.7 Å². The predicted octanol–water partition coefficient (Wildman–Crippen LogP) is 5.26. The molecule has 7 nitrogen and oxygen atoms in total. The van der Waals surface area contributed by atoms with E-state index in [1.807, 2.05) is 10.7 Å². The summed E-state index contributed by atoms with van der Waals surface area (Å²) >= 11 is 0. The van der Waals surface area contributed by atoms with Crippen molar-refractivity contribution in [1.82, 2.24) is 19.7 Å². The number of rotatable bonds is 11. The molecule has 1 fully saturated rings. The monoisotopic (exact) mass is 515 g/mol. The summed E-state index contributed by atoms with van der Waals surface area (Å²) in [5, 5.41) is 18.0. The molecular weight excluding hydrogens is 474 g/mol. The summed E-state index contributed by atoms with van der Waals surface area (Å²) in [6.45, 7) is 8.11. The number of fused-ring (bicyclic) bond motifs is 1. The Bertz CT molecular complexity index is 1250.